The first-order chi connectivity index (χ1) is 8.72. The Kier molecular flexibility index (Phi) is 2.29. The minimum atomic E-state index is 0.704. The average Bonchev–Trinajstić information content (AvgIpc) is 2.92. The number of nitrogens with two attached hydrogens (primary N) is 1. The number of hydrogen-bond acceptors (Lipinski definition) is 4. The summed E-state index contributed by atoms with van der Waals surface area (Å²) in [6, 6.07) is 0. The Morgan fingerprint density at radius 2 is 2.17 bits per heavy atom. The molecule has 0 saturated heterocycles. The number of anilines is 1. The van der Waals surface area contributed by atoms with E-state index in [0.29, 0.717) is 5.82 Å². The first-order valence-corrected chi connectivity index (χ1v) is 5.81. The molecule has 2 N–H and O–H groups in total. The third-order valence-electron chi connectivity index (χ3n) is 3.13. The number of aryl methyl sites for hydroxylation is 1. The lowest BCUT2D eigenvalue weighted by molar-refractivity contribution is 0.782. The zero-order valence-electron chi connectivity index (χ0n) is 10.3. The molecule has 0 amide bonds. The van der Waals surface area contributed by atoms with Gasteiger partial charge in [0, 0.05) is 30.6 Å². The minimum absolute atomic E-state index is 0.704. The summed E-state index contributed by atoms with van der Waals surface area (Å²) in [6.45, 7) is 2.07. The second kappa shape index (κ2) is 3.83. The fraction of sp³-hybridized carbons (Fsp3) is 0.250. The van der Waals surface area contributed by atoms with Gasteiger partial charge in [-0.25, -0.2) is 4.52 Å². The van der Waals surface area contributed by atoms with Crippen LogP contribution < -0.4 is 5.73 Å². The second-order valence-corrected chi connectivity index (χ2v) is 4.15. The van der Waals surface area contributed by atoms with E-state index in [-0.39, 0.29) is 0 Å². The summed E-state index contributed by atoms with van der Waals surface area (Å²) in [5.41, 5.74) is 9.86. The van der Waals surface area contributed by atoms with Crippen molar-refractivity contribution in [2.24, 2.45) is 7.05 Å². The summed E-state index contributed by atoms with van der Waals surface area (Å²) in [5, 5.41) is 8.78. The Labute approximate surface area is 104 Å². The molecular weight excluding hydrogens is 228 g/mol. The SMILES string of the molecule is CCc1c(-c2cnn3ccncc23)nn(C)c1N. The molecule has 0 aliphatic heterocycles. The molecule has 6 nitrogen and oxygen atoms in total. The van der Waals surface area contributed by atoms with Gasteiger partial charge in [0.15, 0.2) is 0 Å². The topological polar surface area (TPSA) is 74.0 Å². The molecule has 6 heteroatoms. The highest BCUT2D eigenvalue weighted by atomic mass is 15.3. The molecule has 0 unspecified atom stereocenters. The monoisotopic (exact) mass is 242 g/mol. The summed E-state index contributed by atoms with van der Waals surface area (Å²) >= 11 is 0. The zero-order chi connectivity index (χ0) is 12.7. The molecule has 0 aliphatic carbocycles. The van der Waals surface area contributed by atoms with Crippen molar-refractivity contribution in [2.75, 3.05) is 5.73 Å². The highest BCUT2D eigenvalue weighted by Crippen LogP contribution is 2.29. The molecule has 3 aromatic heterocycles. The predicted octanol–water partition coefficient (Wildman–Crippen LogP) is 1.27. The molecule has 0 saturated carbocycles. The van der Waals surface area contributed by atoms with Crippen molar-refractivity contribution in [1.82, 2.24) is 24.4 Å². The van der Waals surface area contributed by atoms with E-state index >= 15 is 0 Å². The van der Waals surface area contributed by atoms with Crippen LogP contribution in [-0.2, 0) is 13.5 Å². The van der Waals surface area contributed by atoms with Crippen LogP contribution in [0.3, 0.4) is 0 Å². The molecule has 0 atom stereocenters. The van der Waals surface area contributed by atoms with E-state index in [4.69, 9.17) is 5.73 Å². The van der Waals surface area contributed by atoms with Crippen LogP contribution in [0.4, 0.5) is 5.82 Å². The van der Waals surface area contributed by atoms with Crippen LogP contribution in [0.1, 0.15) is 12.5 Å². The van der Waals surface area contributed by atoms with Gasteiger partial charge in [-0.15, -0.1) is 0 Å². The van der Waals surface area contributed by atoms with Gasteiger partial charge in [-0.2, -0.15) is 10.2 Å². The van der Waals surface area contributed by atoms with Crippen LogP contribution in [0.25, 0.3) is 16.8 Å². The van der Waals surface area contributed by atoms with E-state index in [1.54, 1.807) is 27.8 Å². The first kappa shape index (κ1) is 10.8. The van der Waals surface area contributed by atoms with Crippen molar-refractivity contribution in [1.29, 1.82) is 0 Å². The van der Waals surface area contributed by atoms with Crippen molar-refractivity contribution in [3.05, 3.63) is 30.4 Å². The lowest BCUT2D eigenvalue weighted by Gasteiger charge is -1.98. The number of rotatable bonds is 2. The van der Waals surface area contributed by atoms with Crippen molar-refractivity contribution in [3.8, 4) is 11.3 Å². The lowest BCUT2D eigenvalue weighted by atomic mass is 10.1. The lowest BCUT2D eigenvalue weighted by Crippen LogP contribution is -1.98. The Morgan fingerprint density at radius 1 is 1.33 bits per heavy atom. The van der Waals surface area contributed by atoms with Gasteiger partial charge in [-0.05, 0) is 6.42 Å². The molecule has 3 heterocycles. The van der Waals surface area contributed by atoms with E-state index in [1.165, 1.54) is 0 Å². The molecule has 0 aliphatic rings. The number of nitrogen functional groups attached to an aromatic ring is 1. The van der Waals surface area contributed by atoms with Crippen LogP contribution >= 0.6 is 0 Å². The van der Waals surface area contributed by atoms with Crippen LogP contribution in [0.15, 0.2) is 24.8 Å². The van der Waals surface area contributed by atoms with Gasteiger partial charge in [-0.3, -0.25) is 9.67 Å². The van der Waals surface area contributed by atoms with E-state index in [0.717, 1.165) is 28.8 Å². The first-order valence-electron chi connectivity index (χ1n) is 5.81. The molecule has 92 valence electrons. The number of hydrogen-bond donors (Lipinski definition) is 1. The second-order valence-electron chi connectivity index (χ2n) is 4.15. The fourth-order valence-electron chi connectivity index (χ4n) is 2.16. The predicted molar refractivity (Wildman–Crippen MR) is 69.0 cm³/mol. The van der Waals surface area contributed by atoms with Crippen LogP contribution in [0, 0.1) is 0 Å². The highest BCUT2D eigenvalue weighted by molar-refractivity contribution is 5.80. The highest BCUT2D eigenvalue weighted by Gasteiger charge is 2.17. The minimum Gasteiger partial charge on any atom is -0.384 e. The van der Waals surface area contributed by atoms with Crippen LogP contribution in [0.2, 0.25) is 0 Å². The average molecular weight is 242 g/mol. The quantitative estimate of drug-likeness (QED) is 0.734. The number of nitrogens with zero attached hydrogens (tertiary/aromatic N) is 5. The molecule has 3 rings (SSSR count). The van der Waals surface area contributed by atoms with E-state index in [9.17, 15) is 0 Å². The normalized spacial score (nSPS) is 11.2. The van der Waals surface area contributed by atoms with E-state index in [1.807, 2.05) is 13.2 Å². The van der Waals surface area contributed by atoms with Gasteiger partial charge in [0.25, 0.3) is 0 Å². The van der Waals surface area contributed by atoms with Gasteiger partial charge in [0.1, 0.15) is 11.5 Å². The molecule has 0 aromatic carbocycles. The largest absolute Gasteiger partial charge is 0.384 e. The Bertz CT molecular complexity index is 709. The van der Waals surface area contributed by atoms with Crippen molar-refractivity contribution in [3.63, 3.8) is 0 Å². The van der Waals surface area contributed by atoms with Crippen molar-refractivity contribution < 1.29 is 0 Å². The van der Waals surface area contributed by atoms with Gasteiger partial charge in [-0.1, -0.05) is 6.92 Å². The van der Waals surface area contributed by atoms with Crippen molar-refractivity contribution in [2.45, 2.75) is 13.3 Å². The van der Waals surface area contributed by atoms with Crippen molar-refractivity contribution >= 4 is 11.3 Å². The number of aromatic nitrogens is 5. The third kappa shape index (κ3) is 1.38. The fourth-order valence-corrected chi connectivity index (χ4v) is 2.16. The number of fused-ring (bicyclic) bond motifs is 1. The van der Waals surface area contributed by atoms with Gasteiger partial charge in [0.2, 0.25) is 0 Å². The van der Waals surface area contributed by atoms with Crippen LogP contribution in [0.5, 0.6) is 0 Å². The summed E-state index contributed by atoms with van der Waals surface area (Å²) < 4.78 is 3.49. The summed E-state index contributed by atoms with van der Waals surface area (Å²) in [7, 11) is 1.85. The molecule has 18 heavy (non-hydrogen) atoms. The Balaban J connectivity index is 2.29. The van der Waals surface area contributed by atoms with Gasteiger partial charge in [0.05, 0.1) is 17.9 Å². The molecular formula is C12H14N6. The molecule has 0 spiro atoms. The Hall–Kier alpha value is -2.37. The summed E-state index contributed by atoms with van der Waals surface area (Å²) in [4.78, 5) is 4.13. The molecule has 0 radical (unpaired) electrons. The maximum absolute atomic E-state index is 6.02. The molecule has 3 aromatic rings. The maximum Gasteiger partial charge on any atom is 0.125 e. The summed E-state index contributed by atoms with van der Waals surface area (Å²) in [5.74, 6) is 0.704. The van der Waals surface area contributed by atoms with Gasteiger partial charge >= 0.3 is 0 Å². The summed E-state index contributed by atoms with van der Waals surface area (Å²) in [6.07, 6.45) is 7.95. The Morgan fingerprint density at radius 3 is 2.94 bits per heavy atom. The standard InChI is InChI=1S/C12H14N6/c1-3-8-11(16-17(2)12(8)13)9-6-15-18-5-4-14-7-10(9)18/h4-7H,3,13H2,1-2H3. The molecule has 0 fully saturated rings. The zero-order valence-corrected chi connectivity index (χ0v) is 10.3. The van der Waals surface area contributed by atoms with Gasteiger partial charge < -0.3 is 5.73 Å². The molecule has 0 bridgehead atoms. The van der Waals surface area contributed by atoms with E-state index in [2.05, 4.69) is 22.1 Å². The smallest absolute Gasteiger partial charge is 0.125 e. The maximum atomic E-state index is 6.02. The third-order valence-corrected chi connectivity index (χ3v) is 3.13. The van der Waals surface area contributed by atoms with Crippen LogP contribution in [-0.4, -0.2) is 24.4 Å². The van der Waals surface area contributed by atoms with E-state index < -0.39 is 0 Å².